The van der Waals surface area contributed by atoms with E-state index in [2.05, 4.69) is 25.0 Å². The van der Waals surface area contributed by atoms with Crippen LogP contribution in [0.5, 0.6) is 5.75 Å². The summed E-state index contributed by atoms with van der Waals surface area (Å²) >= 11 is 1.29. The van der Waals surface area contributed by atoms with Gasteiger partial charge in [0.25, 0.3) is 0 Å². The molecule has 3 aromatic carbocycles. The number of benzene rings is 3. The summed E-state index contributed by atoms with van der Waals surface area (Å²) in [5.74, 6) is 0.393. The molecule has 1 aliphatic rings. The molecular weight excluding hydrogens is 517 g/mol. The van der Waals surface area contributed by atoms with Crippen LogP contribution in [0, 0.1) is 5.82 Å². The SMILES string of the molecule is CC1(O)CS/C(=N\N=C\c2ccc(-c3ncn(-c4ccc(OC(F)F)cc4)n3)cc2)N1c1ccccc1F. The van der Waals surface area contributed by atoms with Crippen molar-refractivity contribution in [1.29, 1.82) is 0 Å². The van der Waals surface area contributed by atoms with Crippen molar-refractivity contribution in [1.82, 2.24) is 14.8 Å². The van der Waals surface area contributed by atoms with Crippen LogP contribution in [-0.4, -0.2) is 49.3 Å². The number of ether oxygens (including phenoxy) is 1. The quantitative estimate of drug-likeness (QED) is 0.253. The van der Waals surface area contributed by atoms with Crippen LogP contribution in [0.2, 0.25) is 0 Å². The van der Waals surface area contributed by atoms with Crippen molar-refractivity contribution < 1.29 is 23.0 Å². The second-order valence-corrected chi connectivity index (χ2v) is 9.37. The minimum absolute atomic E-state index is 0.0586. The number of halogens is 3. The smallest absolute Gasteiger partial charge is 0.387 e. The van der Waals surface area contributed by atoms with E-state index in [0.717, 1.165) is 11.1 Å². The Morgan fingerprint density at radius 1 is 1.08 bits per heavy atom. The molecule has 194 valence electrons. The van der Waals surface area contributed by atoms with Gasteiger partial charge in [0.05, 0.1) is 17.6 Å². The number of hydrogen-bond donors (Lipinski definition) is 1. The van der Waals surface area contributed by atoms with Crippen molar-refractivity contribution in [2.45, 2.75) is 19.3 Å². The molecular formula is C26H21F3N6O2S. The van der Waals surface area contributed by atoms with Crippen LogP contribution in [-0.2, 0) is 0 Å². The van der Waals surface area contributed by atoms with E-state index in [0.29, 0.717) is 22.4 Å². The van der Waals surface area contributed by atoms with Crippen LogP contribution in [0.4, 0.5) is 18.9 Å². The second-order valence-electron chi connectivity index (χ2n) is 8.43. The third-order valence-electron chi connectivity index (χ3n) is 5.58. The molecule has 2 heterocycles. The third-order valence-corrected chi connectivity index (χ3v) is 6.79. The Bertz CT molecular complexity index is 1470. The summed E-state index contributed by atoms with van der Waals surface area (Å²) in [6, 6.07) is 19.6. The highest BCUT2D eigenvalue weighted by Crippen LogP contribution is 2.37. The topological polar surface area (TPSA) is 88.1 Å². The summed E-state index contributed by atoms with van der Waals surface area (Å²) in [7, 11) is 0. The number of para-hydroxylation sites is 1. The molecule has 1 fully saturated rings. The Labute approximate surface area is 220 Å². The molecule has 5 rings (SSSR count). The summed E-state index contributed by atoms with van der Waals surface area (Å²) in [6.45, 7) is -1.28. The number of thioether (sulfide) groups is 1. The van der Waals surface area contributed by atoms with E-state index in [-0.39, 0.29) is 11.4 Å². The summed E-state index contributed by atoms with van der Waals surface area (Å²) in [5.41, 5.74) is 1.09. The molecule has 12 heteroatoms. The van der Waals surface area contributed by atoms with Gasteiger partial charge in [0, 0.05) is 11.3 Å². The van der Waals surface area contributed by atoms with Gasteiger partial charge in [-0.2, -0.15) is 13.9 Å². The molecule has 0 spiro atoms. The summed E-state index contributed by atoms with van der Waals surface area (Å²) in [6.07, 6.45) is 3.08. The lowest BCUT2D eigenvalue weighted by Gasteiger charge is -2.30. The van der Waals surface area contributed by atoms with E-state index < -0.39 is 18.2 Å². The summed E-state index contributed by atoms with van der Waals surface area (Å²) < 4.78 is 44.9. The van der Waals surface area contributed by atoms with Gasteiger partial charge in [0.1, 0.15) is 17.9 Å². The maximum absolute atomic E-state index is 14.4. The zero-order chi connectivity index (χ0) is 26.7. The molecule has 0 bridgehead atoms. The Kier molecular flexibility index (Phi) is 7.16. The molecule has 0 amide bonds. The van der Waals surface area contributed by atoms with E-state index in [1.165, 1.54) is 45.9 Å². The second kappa shape index (κ2) is 10.7. The number of alkyl halides is 2. The van der Waals surface area contributed by atoms with Gasteiger partial charge in [-0.25, -0.2) is 14.1 Å². The van der Waals surface area contributed by atoms with Crippen molar-refractivity contribution in [3.8, 4) is 22.8 Å². The van der Waals surface area contributed by atoms with Crippen LogP contribution < -0.4 is 9.64 Å². The predicted molar refractivity (Wildman–Crippen MR) is 140 cm³/mol. The summed E-state index contributed by atoms with van der Waals surface area (Å²) in [4.78, 5) is 5.76. The minimum atomic E-state index is -2.88. The van der Waals surface area contributed by atoms with E-state index in [1.54, 1.807) is 43.5 Å². The molecule has 1 unspecified atom stereocenters. The number of nitrogens with zero attached hydrogens (tertiary/aromatic N) is 6. The predicted octanol–water partition coefficient (Wildman–Crippen LogP) is 5.33. The van der Waals surface area contributed by atoms with E-state index in [4.69, 9.17) is 0 Å². The standard InChI is InChI=1S/C26H21F3N6O2S/c1-26(36)15-38-25(35(26)22-5-3-2-4-21(22)27)32-31-14-17-6-8-18(9-7-17)23-30-16-34(33-23)19-10-12-20(13-11-19)37-24(28)29/h2-14,16,24,36H,15H2,1H3/b31-14+,32-25-. The zero-order valence-corrected chi connectivity index (χ0v) is 20.8. The molecule has 1 atom stereocenters. The van der Waals surface area contributed by atoms with Crippen LogP contribution >= 0.6 is 11.8 Å². The Morgan fingerprint density at radius 3 is 2.53 bits per heavy atom. The Balaban J connectivity index is 1.28. The molecule has 0 aliphatic carbocycles. The lowest BCUT2D eigenvalue weighted by Crippen LogP contribution is -2.45. The van der Waals surface area contributed by atoms with Crippen molar-refractivity contribution in [3.05, 3.63) is 90.5 Å². The van der Waals surface area contributed by atoms with Gasteiger partial charge in [0.2, 0.25) is 0 Å². The minimum Gasteiger partial charge on any atom is -0.435 e. The maximum Gasteiger partial charge on any atom is 0.387 e. The fourth-order valence-corrected chi connectivity index (χ4v) is 4.83. The van der Waals surface area contributed by atoms with Crippen LogP contribution in [0.15, 0.2) is 89.3 Å². The molecule has 1 aliphatic heterocycles. The van der Waals surface area contributed by atoms with Crippen molar-refractivity contribution in [2.75, 3.05) is 10.7 Å². The first-order valence-corrected chi connectivity index (χ1v) is 12.4. The van der Waals surface area contributed by atoms with Gasteiger partial charge in [0.15, 0.2) is 16.7 Å². The number of amidine groups is 1. The first kappa shape index (κ1) is 25.5. The van der Waals surface area contributed by atoms with Gasteiger partial charge in [-0.3, -0.25) is 4.90 Å². The van der Waals surface area contributed by atoms with Crippen molar-refractivity contribution in [3.63, 3.8) is 0 Å². The molecule has 1 N–H and O–H groups in total. The van der Waals surface area contributed by atoms with Gasteiger partial charge >= 0.3 is 6.61 Å². The number of rotatable bonds is 7. The van der Waals surface area contributed by atoms with Crippen LogP contribution in [0.1, 0.15) is 12.5 Å². The highest BCUT2D eigenvalue weighted by atomic mass is 32.2. The molecule has 1 aromatic heterocycles. The van der Waals surface area contributed by atoms with Crippen molar-refractivity contribution in [2.24, 2.45) is 10.2 Å². The van der Waals surface area contributed by atoms with Crippen LogP contribution in [0.3, 0.4) is 0 Å². The van der Waals surface area contributed by atoms with E-state index in [9.17, 15) is 18.3 Å². The lowest BCUT2D eigenvalue weighted by molar-refractivity contribution is -0.0498. The molecule has 38 heavy (non-hydrogen) atoms. The van der Waals surface area contributed by atoms with E-state index >= 15 is 0 Å². The monoisotopic (exact) mass is 538 g/mol. The lowest BCUT2D eigenvalue weighted by atomic mass is 10.1. The first-order valence-electron chi connectivity index (χ1n) is 11.4. The fourth-order valence-electron chi connectivity index (χ4n) is 3.77. The number of anilines is 1. The number of aromatic nitrogens is 3. The molecule has 1 saturated heterocycles. The average Bonchev–Trinajstić information content (AvgIpc) is 3.50. The molecule has 0 radical (unpaired) electrons. The third kappa shape index (κ3) is 5.55. The van der Waals surface area contributed by atoms with E-state index in [1.807, 2.05) is 24.3 Å². The van der Waals surface area contributed by atoms with Gasteiger partial charge in [-0.15, -0.1) is 10.2 Å². The largest absolute Gasteiger partial charge is 0.435 e. The first-order chi connectivity index (χ1) is 18.3. The normalized spacial score (nSPS) is 18.7. The highest BCUT2D eigenvalue weighted by Gasteiger charge is 2.41. The van der Waals surface area contributed by atoms with Crippen LogP contribution in [0.25, 0.3) is 17.1 Å². The average molecular weight is 539 g/mol. The van der Waals surface area contributed by atoms with Gasteiger partial charge in [-0.05, 0) is 48.9 Å². The number of aliphatic hydroxyl groups is 1. The molecule has 0 saturated carbocycles. The fraction of sp³-hybridized carbons (Fsp3) is 0.154. The summed E-state index contributed by atoms with van der Waals surface area (Å²) in [5, 5.41) is 23.9. The number of hydrogen-bond acceptors (Lipinski definition) is 7. The van der Waals surface area contributed by atoms with Gasteiger partial charge in [-0.1, -0.05) is 48.2 Å². The van der Waals surface area contributed by atoms with Gasteiger partial charge < -0.3 is 9.84 Å². The zero-order valence-electron chi connectivity index (χ0n) is 19.9. The van der Waals surface area contributed by atoms with Crippen molar-refractivity contribution >= 4 is 28.8 Å². The maximum atomic E-state index is 14.4. The molecule has 8 nitrogen and oxygen atoms in total. The highest BCUT2D eigenvalue weighted by molar-refractivity contribution is 8.14. The Hall–Kier alpha value is -4.16. The Morgan fingerprint density at radius 2 is 1.82 bits per heavy atom. The molecule has 4 aromatic rings.